The molecule has 0 bridgehead atoms. The Morgan fingerprint density at radius 3 is 2.35 bits per heavy atom. The van der Waals surface area contributed by atoms with Crippen LogP contribution >= 0.6 is 11.6 Å². The minimum atomic E-state index is -0.135. The number of amides is 2. The molecule has 1 fully saturated rings. The summed E-state index contributed by atoms with van der Waals surface area (Å²) >= 11 is 6.08. The highest BCUT2D eigenvalue weighted by molar-refractivity contribution is 6.30. The third-order valence-corrected chi connectivity index (χ3v) is 6.73. The van der Waals surface area contributed by atoms with Gasteiger partial charge in [-0.25, -0.2) is 9.97 Å². The maximum absolute atomic E-state index is 13.3. The number of nitrogens with zero attached hydrogens (tertiary/aromatic N) is 7. The lowest BCUT2D eigenvalue weighted by molar-refractivity contribution is -0.118. The van der Waals surface area contributed by atoms with Gasteiger partial charge in [0.25, 0.3) is 5.91 Å². The quantitative estimate of drug-likeness (QED) is 0.316. The Balaban J connectivity index is 1.30. The first-order chi connectivity index (χ1) is 19.4. The molecule has 0 radical (unpaired) electrons. The Bertz CT molecular complexity index is 1480. The van der Waals surface area contributed by atoms with Crippen LogP contribution in [0, 0.1) is 6.92 Å². The number of rotatable bonds is 8. The van der Waals surface area contributed by atoms with Crippen molar-refractivity contribution in [3.63, 3.8) is 0 Å². The number of nitrogens with one attached hydrogen (secondary N) is 2. The van der Waals surface area contributed by atoms with Gasteiger partial charge in [0, 0.05) is 62.8 Å². The molecule has 11 nitrogen and oxygen atoms in total. The average Bonchev–Trinajstić information content (AvgIpc) is 3.37. The van der Waals surface area contributed by atoms with E-state index >= 15 is 0 Å². The number of aromatic nitrogens is 5. The Labute approximate surface area is 237 Å². The van der Waals surface area contributed by atoms with Gasteiger partial charge >= 0.3 is 0 Å². The molecule has 2 N–H and O–H groups in total. The fraction of sp³-hybridized carbons (Fsp3) is 0.286. The molecular weight excluding hydrogens is 530 g/mol. The SMILES string of the molecule is CC(=O)NCCNc1cc(N2CCN(C(=O)c3nn(-c4ccccc4)nc3C)CC2)nc(-c2ccc(Cl)cc2)n1. The number of para-hydroxylation sites is 1. The molecule has 2 amide bonds. The number of benzene rings is 2. The van der Waals surface area contributed by atoms with Crippen LogP contribution < -0.4 is 15.5 Å². The number of halogens is 1. The molecule has 206 valence electrons. The summed E-state index contributed by atoms with van der Waals surface area (Å²) in [5, 5.41) is 15.6. The van der Waals surface area contributed by atoms with E-state index in [4.69, 9.17) is 16.6 Å². The summed E-state index contributed by atoms with van der Waals surface area (Å²) in [5.41, 5.74) is 2.59. The highest BCUT2D eigenvalue weighted by Crippen LogP contribution is 2.25. The van der Waals surface area contributed by atoms with E-state index in [9.17, 15) is 9.59 Å². The second-order valence-corrected chi connectivity index (χ2v) is 9.83. The largest absolute Gasteiger partial charge is 0.368 e. The summed E-state index contributed by atoms with van der Waals surface area (Å²) in [6.07, 6.45) is 0. The minimum absolute atomic E-state index is 0.0859. The first kappa shape index (κ1) is 27.1. The molecule has 1 aliphatic heterocycles. The van der Waals surface area contributed by atoms with Gasteiger partial charge in [0.2, 0.25) is 5.91 Å². The van der Waals surface area contributed by atoms with Crippen LogP contribution in [0.5, 0.6) is 0 Å². The lowest BCUT2D eigenvalue weighted by atomic mass is 10.2. The van der Waals surface area contributed by atoms with Crippen LogP contribution in [0.3, 0.4) is 0 Å². The van der Waals surface area contributed by atoms with Crippen molar-refractivity contribution < 1.29 is 9.59 Å². The lowest BCUT2D eigenvalue weighted by Crippen LogP contribution is -2.49. The third-order valence-electron chi connectivity index (χ3n) is 6.48. The Morgan fingerprint density at radius 1 is 0.925 bits per heavy atom. The summed E-state index contributed by atoms with van der Waals surface area (Å²) in [5.74, 6) is 1.73. The number of carbonyl (C=O) groups is 2. The monoisotopic (exact) mass is 559 g/mol. The van der Waals surface area contributed by atoms with Gasteiger partial charge in [-0.3, -0.25) is 9.59 Å². The molecule has 2 aromatic heterocycles. The molecule has 2 aromatic carbocycles. The molecule has 12 heteroatoms. The lowest BCUT2D eigenvalue weighted by Gasteiger charge is -2.35. The average molecular weight is 560 g/mol. The van der Waals surface area contributed by atoms with Gasteiger partial charge < -0.3 is 20.4 Å². The first-order valence-electron chi connectivity index (χ1n) is 13.0. The number of hydrogen-bond acceptors (Lipinski definition) is 8. The summed E-state index contributed by atoms with van der Waals surface area (Å²) in [6, 6.07) is 18.8. The van der Waals surface area contributed by atoms with Crippen molar-refractivity contribution in [1.82, 2.24) is 35.2 Å². The Morgan fingerprint density at radius 2 is 1.65 bits per heavy atom. The van der Waals surface area contributed by atoms with Crippen molar-refractivity contribution >= 4 is 35.1 Å². The van der Waals surface area contributed by atoms with Crippen LogP contribution in [-0.2, 0) is 4.79 Å². The van der Waals surface area contributed by atoms with E-state index in [2.05, 4.69) is 30.7 Å². The molecule has 0 saturated carbocycles. The topological polar surface area (TPSA) is 121 Å². The number of piperazine rings is 1. The molecule has 1 saturated heterocycles. The van der Waals surface area contributed by atoms with Gasteiger partial charge in [-0.05, 0) is 43.3 Å². The third kappa shape index (κ3) is 6.37. The van der Waals surface area contributed by atoms with Crippen LogP contribution in [0.2, 0.25) is 5.02 Å². The molecular formula is C28H30ClN9O2. The Hall–Kier alpha value is -4.51. The first-order valence-corrected chi connectivity index (χ1v) is 13.4. The zero-order valence-electron chi connectivity index (χ0n) is 22.3. The van der Waals surface area contributed by atoms with Gasteiger partial charge in [-0.15, -0.1) is 5.10 Å². The van der Waals surface area contributed by atoms with Crippen molar-refractivity contribution in [2.45, 2.75) is 13.8 Å². The number of carbonyl (C=O) groups excluding carboxylic acids is 2. The second-order valence-electron chi connectivity index (χ2n) is 9.39. The Kier molecular flexibility index (Phi) is 8.20. The van der Waals surface area contributed by atoms with Gasteiger partial charge in [0.15, 0.2) is 11.5 Å². The zero-order valence-corrected chi connectivity index (χ0v) is 23.1. The van der Waals surface area contributed by atoms with E-state index in [1.54, 1.807) is 24.0 Å². The molecule has 40 heavy (non-hydrogen) atoms. The van der Waals surface area contributed by atoms with Crippen molar-refractivity contribution in [3.8, 4) is 17.1 Å². The van der Waals surface area contributed by atoms with Crippen LogP contribution in [-0.4, -0.2) is 80.9 Å². The van der Waals surface area contributed by atoms with Crippen molar-refractivity contribution in [3.05, 3.63) is 77.1 Å². The summed E-state index contributed by atoms with van der Waals surface area (Å²) < 4.78 is 0. The van der Waals surface area contributed by atoms with Crippen molar-refractivity contribution in [2.24, 2.45) is 0 Å². The molecule has 0 unspecified atom stereocenters. The molecule has 3 heterocycles. The number of anilines is 2. The van der Waals surface area contributed by atoms with E-state index in [1.807, 2.05) is 48.5 Å². The smallest absolute Gasteiger partial charge is 0.276 e. The highest BCUT2D eigenvalue weighted by atomic mass is 35.5. The van der Waals surface area contributed by atoms with E-state index in [1.165, 1.54) is 11.7 Å². The van der Waals surface area contributed by atoms with E-state index in [0.717, 1.165) is 17.1 Å². The maximum Gasteiger partial charge on any atom is 0.276 e. The van der Waals surface area contributed by atoms with Crippen molar-refractivity contribution in [2.75, 3.05) is 49.5 Å². The summed E-state index contributed by atoms with van der Waals surface area (Å²) in [4.78, 5) is 39.5. The maximum atomic E-state index is 13.3. The highest BCUT2D eigenvalue weighted by Gasteiger charge is 2.27. The standard InChI is InChI=1S/C28H30ClN9O2/c1-19-26(35-38(34-19)23-6-4-3-5-7-23)28(40)37-16-14-36(15-17-37)25-18-24(31-13-12-30-20(2)39)32-27(33-25)21-8-10-22(29)11-9-21/h3-11,18H,12-17H2,1-2H3,(H,30,39)(H,31,32,33). The summed E-state index contributed by atoms with van der Waals surface area (Å²) in [7, 11) is 0. The van der Waals surface area contributed by atoms with Gasteiger partial charge in [-0.1, -0.05) is 29.8 Å². The minimum Gasteiger partial charge on any atom is -0.368 e. The van der Waals surface area contributed by atoms with Gasteiger partial charge in [0.05, 0.1) is 11.4 Å². The molecule has 0 spiro atoms. The number of aryl methyl sites for hydroxylation is 1. The molecule has 1 aliphatic rings. The fourth-order valence-electron chi connectivity index (χ4n) is 4.39. The summed E-state index contributed by atoms with van der Waals surface area (Å²) in [6.45, 7) is 6.50. The molecule has 0 aliphatic carbocycles. The molecule has 0 atom stereocenters. The van der Waals surface area contributed by atoms with Crippen LogP contribution in [0.15, 0.2) is 60.7 Å². The molecule has 5 rings (SSSR count). The van der Waals surface area contributed by atoms with E-state index in [-0.39, 0.29) is 11.8 Å². The van der Waals surface area contributed by atoms with Crippen LogP contribution in [0.1, 0.15) is 23.1 Å². The van der Waals surface area contributed by atoms with Gasteiger partial charge in [-0.2, -0.15) is 9.90 Å². The van der Waals surface area contributed by atoms with E-state index < -0.39 is 0 Å². The normalized spacial score (nSPS) is 13.3. The second kappa shape index (κ2) is 12.1. The van der Waals surface area contributed by atoms with Crippen molar-refractivity contribution in [1.29, 1.82) is 0 Å². The predicted octanol–water partition coefficient (Wildman–Crippen LogP) is 3.20. The van der Waals surface area contributed by atoms with Crippen LogP contribution in [0.4, 0.5) is 11.6 Å². The van der Waals surface area contributed by atoms with Gasteiger partial charge in [0.1, 0.15) is 11.6 Å². The fourth-order valence-corrected chi connectivity index (χ4v) is 4.51. The van der Waals surface area contributed by atoms with Crippen LogP contribution in [0.25, 0.3) is 17.1 Å². The molecule has 4 aromatic rings. The predicted molar refractivity (Wildman–Crippen MR) is 154 cm³/mol. The van der Waals surface area contributed by atoms with E-state index in [0.29, 0.717) is 67.3 Å². The zero-order chi connectivity index (χ0) is 28.1. The number of hydrogen-bond donors (Lipinski definition) is 2.